The van der Waals surface area contributed by atoms with Crippen molar-refractivity contribution in [1.82, 2.24) is 19.8 Å². The minimum atomic E-state index is -4.81. The van der Waals surface area contributed by atoms with Gasteiger partial charge >= 0.3 is 6.36 Å². The van der Waals surface area contributed by atoms with Crippen LogP contribution in [0.3, 0.4) is 0 Å². The molecule has 0 amide bonds. The number of hydrogen-bond donors (Lipinski definition) is 2. The average molecular weight is 964 g/mol. The van der Waals surface area contributed by atoms with Gasteiger partial charge in [0, 0.05) is 91.2 Å². The molecule has 20 heteroatoms. The number of ether oxygens (including phenoxy) is 2. The molecule has 6 aromatic rings. The van der Waals surface area contributed by atoms with Crippen LogP contribution in [-0.2, 0) is 21.3 Å². The molecule has 2 aliphatic heterocycles. The predicted molar refractivity (Wildman–Crippen MR) is 251 cm³/mol. The molecular formula is C46H46ClF3N8O6S2. The van der Waals surface area contributed by atoms with Crippen molar-refractivity contribution in [3.8, 4) is 16.9 Å². The van der Waals surface area contributed by atoms with Gasteiger partial charge in [0.05, 0.1) is 28.5 Å². The molecule has 3 heterocycles. The number of fused-ring (bicyclic) bond motifs is 1. The van der Waals surface area contributed by atoms with Crippen molar-refractivity contribution < 1.29 is 36.0 Å². The topological polar surface area (TPSA) is 155 Å². The van der Waals surface area contributed by atoms with Crippen LogP contribution in [0, 0.1) is 10.1 Å². The molecule has 2 saturated heterocycles. The van der Waals surface area contributed by atoms with Crippen molar-refractivity contribution in [1.29, 1.82) is 0 Å². The molecule has 1 atom stereocenters. The lowest BCUT2D eigenvalue weighted by molar-refractivity contribution is -0.384. The summed E-state index contributed by atoms with van der Waals surface area (Å²) in [5.74, 6) is 0.0672. The first kappa shape index (κ1) is 46.8. The Morgan fingerprint density at radius 3 is 2.36 bits per heavy atom. The number of anilines is 3. The molecule has 2 fully saturated rings. The Labute approximate surface area is 389 Å². The first-order valence-electron chi connectivity index (χ1n) is 21.2. The maximum Gasteiger partial charge on any atom is 0.573 e. The number of piperazine rings is 1. The van der Waals surface area contributed by atoms with Gasteiger partial charge in [0.25, 0.3) is 15.7 Å². The van der Waals surface area contributed by atoms with Crippen molar-refractivity contribution in [2.24, 2.45) is 0 Å². The van der Waals surface area contributed by atoms with E-state index in [0.29, 0.717) is 52.8 Å². The molecule has 66 heavy (non-hydrogen) atoms. The highest BCUT2D eigenvalue weighted by atomic mass is 35.5. The van der Waals surface area contributed by atoms with Gasteiger partial charge in [0.1, 0.15) is 17.8 Å². The zero-order valence-corrected chi connectivity index (χ0v) is 37.9. The van der Waals surface area contributed by atoms with E-state index in [-0.39, 0.29) is 28.2 Å². The summed E-state index contributed by atoms with van der Waals surface area (Å²) in [6.45, 7) is 7.15. The number of nitrogens with zero attached hydrogens (tertiary/aromatic N) is 6. The summed E-state index contributed by atoms with van der Waals surface area (Å²) in [6, 6.07) is 30.6. The number of rotatable bonds is 17. The van der Waals surface area contributed by atoms with E-state index in [1.165, 1.54) is 54.5 Å². The Kier molecular flexibility index (Phi) is 14.8. The standard InChI is InChI=1S/C46H46ClF3N8O6S2/c47-34-6-13-40(32-4-2-1-3-5-32)33(26-34)29-56-18-20-57(21-19-56)36-7-14-41-43(27-36)51-31-52-45(41)54-66(61,62)39-12-15-42(44(28-39)58(59)60)53-35(16-17-55-22-24-63-25-23-55)30-65-38-10-8-37(9-11-38)64-46(48,49)50/h1-15,26-28,31,35,53H,16-25,29-30H2,(H,51,52,54). The van der Waals surface area contributed by atoms with E-state index in [1.54, 1.807) is 6.07 Å². The fourth-order valence-corrected chi connectivity index (χ4v) is 10.2. The highest BCUT2D eigenvalue weighted by Gasteiger charge is 2.31. The first-order valence-corrected chi connectivity index (χ1v) is 24.0. The Morgan fingerprint density at radius 1 is 0.879 bits per heavy atom. The summed E-state index contributed by atoms with van der Waals surface area (Å²) in [7, 11) is -4.38. The monoisotopic (exact) mass is 962 g/mol. The second-order valence-corrected chi connectivity index (χ2v) is 19.0. The van der Waals surface area contributed by atoms with Gasteiger partial charge in [-0.05, 0) is 89.8 Å². The Morgan fingerprint density at radius 2 is 1.64 bits per heavy atom. The summed E-state index contributed by atoms with van der Waals surface area (Å²) < 4.78 is 77.8. The third-order valence-corrected chi connectivity index (χ3v) is 14.1. The summed E-state index contributed by atoms with van der Waals surface area (Å²) >= 11 is 7.78. The maximum atomic E-state index is 13.9. The van der Waals surface area contributed by atoms with Gasteiger partial charge in [0.15, 0.2) is 5.82 Å². The smallest absolute Gasteiger partial charge is 0.406 e. The zero-order valence-electron chi connectivity index (χ0n) is 35.5. The minimum Gasteiger partial charge on any atom is -0.406 e. The number of morpholine rings is 1. The van der Waals surface area contributed by atoms with E-state index >= 15 is 0 Å². The molecule has 1 unspecified atom stereocenters. The number of sulfonamides is 1. The zero-order chi connectivity index (χ0) is 46.3. The number of hydrogen-bond acceptors (Lipinski definition) is 13. The lowest BCUT2D eigenvalue weighted by Gasteiger charge is -2.36. The Balaban J connectivity index is 0.934. The highest BCUT2D eigenvalue weighted by molar-refractivity contribution is 7.99. The van der Waals surface area contributed by atoms with Gasteiger partial charge < -0.3 is 19.7 Å². The van der Waals surface area contributed by atoms with Crippen LogP contribution in [0.25, 0.3) is 22.0 Å². The van der Waals surface area contributed by atoms with Crippen molar-refractivity contribution in [3.05, 3.63) is 136 Å². The number of thioether (sulfide) groups is 1. The molecule has 14 nitrogen and oxygen atoms in total. The normalized spacial score (nSPS) is 15.7. The van der Waals surface area contributed by atoms with Crippen molar-refractivity contribution in [2.75, 3.05) is 79.7 Å². The fraction of sp³-hybridized carbons (Fsp3) is 0.304. The molecular weight excluding hydrogens is 917 g/mol. The van der Waals surface area contributed by atoms with Gasteiger partial charge in [-0.15, -0.1) is 24.9 Å². The molecule has 5 aromatic carbocycles. The fourth-order valence-electron chi connectivity index (χ4n) is 7.97. The molecule has 2 aliphatic rings. The third-order valence-electron chi connectivity index (χ3n) is 11.4. The van der Waals surface area contributed by atoms with E-state index in [0.717, 1.165) is 74.3 Å². The SMILES string of the molecule is O=[N+]([O-])c1cc(S(=O)(=O)Nc2ncnc3cc(N4CCN(Cc5cc(Cl)ccc5-c5ccccc5)CC4)ccc23)ccc1NC(CCN1CCOCC1)CSc1ccc(OC(F)(F)F)cc1. The lowest BCUT2D eigenvalue weighted by Crippen LogP contribution is -2.46. The predicted octanol–water partition coefficient (Wildman–Crippen LogP) is 9.18. The van der Waals surface area contributed by atoms with E-state index in [1.807, 2.05) is 42.5 Å². The van der Waals surface area contributed by atoms with Crippen molar-refractivity contribution in [3.63, 3.8) is 0 Å². The Bertz CT molecular complexity index is 2750. The minimum absolute atomic E-state index is 0.0233. The first-order chi connectivity index (χ1) is 31.8. The highest BCUT2D eigenvalue weighted by Crippen LogP contribution is 2.34. The quantitative estimate of drug-likeness (QED) is 0.0508. The second-order valence-electron chi connectivity index (χ2n) is 15.8. The van der Waals surface area contributed by atoms with E-state index in [4.69, 9.17) is 16.3 Å². The molecule has 2 N–H and O–H groups in total. The van der Waals surface area contributed by atoms with Crippen LogP contribution in [0.1, 0.15) is 12.0 Å². The summed E-state index contributed by atoms with van der Waals surface area (Å²) in [6.07, 6.45) is -2.99. The summed E-state index contributed by atoms with van der Waals surface area (Å²) in [4.78, 5) is 27.7. The summed E-state index contributed by atoms with van der Waals surface area (Å²) in [5.41, 5.74) is 4.56. The lowest BCUT2D eigenvalue weighted by atomic mass is 9.99. The maximum absolute atomic E-state index is 13.9. The second kappa shape index (κ2) is 20.9. The van der Waals surface area contributed by atoms with E-state index in [9.17, 15) is 31.7 Å². The number of nitro groups is 1. The van der Waals surface area contributed by atoms with Gasteiger partial charge in [-0.2, -0.15) is 0 Å². The number of halogens is 4. The van der Waals surface area contributed by atoms with E-state index in [2.05, 4.69) is 57.6 Å². The molecule has 0 spiro atoms. The van der Waals surface area contributed by atoms with Crippen LogP contribution in [0.5, 0.6) is 5.75 Å². The van der Waals surface area contributed by atoms with Crippen LogP contribution in [0.2, 0.25) is 5.02 Å². The number of aromatic nitrogens is 2. The molecule has 0 bridgehead atoms. The average Bonchev–Trinajstić information content (AvgIpc) is 3.30. The van der Waals surface area contributed by atoms with Crippen molar-refractivity contribution >= 4 is 67.2 Å². The van der Waals surface area contributed by atoms with Gasteiger partial charge in [-0.3, -0.25) is 24.6 Å². The molecule has 0 aliphatic carbocycles. The third kappa shape index (κ3) is 12.2. The number of benzene rings is 5. The van der Waals surface area contributed by atoms with Crippen LogP contribution >= 0.6 is 23.4 Å². The Hall–Kier alpha value is -5.70. The van der Waals surface area contributed by atoms with Crippen LogP contribution in [-0.4, -0.2) is 110 Å². The molecule has 8 rings (SSSR count). The molecule has 1 aromatic heterocycles. The van der Waals surface area contributed by atoms with Gasteiger partial charge in [0.2, 0.25) is 0 Å². The van der Waals surface area contributed by atoms with Crippen LogP contribution < -0.4 is 19.7 Å². The molecule has 346 valence electrons. The molecule has 0 saturated carbocycles. The summed E-state index contributed by atoms with van der Waals surface area (Å²) in [5, 5.41) is 16.9. The number of alkyl halides is 3. The van der Waals surface area contributed by atoms with Crippen LogP contribution in [0.15, 0.2) is 125 Å². The van der Waals surface area contributed by atoms with Gasteiger partial charge in [-0.25, -0.2) is 18.4 Å². The number of nitro benzene ring substituents is 1. The van der Waals surface area contributed by atoms with Gasteiger partial charge in [-0.1, -0.05) is 48.0 Å². The number of nitrogens with one attached hydrogen (secondary N) is 2. The largest absolute Gasteiger partial charge is 0.573 e. The van der Waals surface area contributed by atoms with Crippen LogP contribution in [0.4, 0.5) is 36.1 Å². The van der Waals surface area contributed by atoms with E-state index < -0.39 is 27.0 Å². The van der Waals surface area contributed by atoms with Crippen molar-refractivity contribution in [2.45, 2.75) is 35.2 Å². The molecule has 0 radical (unpaired) electrons.